The molecule has 0 aliphatic heterocycles. The van der Waals surface area contributed by atoms with Gasteiger partial charge in [-0.25, -0.2) is 4.39 Å². The molecule has 0 spiro atoms. The summed E-state index contributed by atoms with van der Waals surface area (Å²) in [6, 6.07) is 9.64. The second-order valence-electron chi connectivity index (χ2n) is 5.88. The van der Waals surface area contributed by atoms with E-state index in [9.17, 15) is 9.18 Å². The quantitative estimate of drug-likeness (QED) is 0.588. The zero-order valence-electron chi connectivity index (χ0n) is 17.0. The normalized spacial score (nSPS) is 9.74. The molecule has 0 saturated carbocycles. The fourth-order valence-electron chi connectivity index (χ4n) is 2.51. The molecule has 0 atom stereocenters. The minimum atomic E-state index is -0.322. The number of aromatic nitrogens is 2. The lowest BCUT2D eigenvalue weighted by Crippen LogP contribution is -2.19. The third-order valence-electron chi connectivity index (χ3n) is 3.60. The van der Waals surface area contributed by atoms with Crippen LogP contribution >= 0.6 is 0 Å². The van der Waals surface area contributed by atoms with Crippen molar-refractivity contribution in [1.29, 1.82) is 0 Å². The Morgan fingerprint density at radius 1 is 1.07 bits per heavy atom. The van der Waals surface area contributed by atoms with E-state index in [2.05, 4.69) is 19.0 Å². The molecule has 2 heterocycles. The molecule has 5 heteroatoms. The largest absolute Gasteiger partial charge is 0.361 e. The summed E-state index contributed by atoms with van der Waals surface area (Å²) in [6.45, 7) is 12.1. The number of aryl methyl sites for hydroxylation is 2. The van der Waals surface area contributed by atoms with E-state index in [1.165, 1.54) is 23.1 Å². The van der Waals surface area contributed by atoms with Crippen LogP contribution in [0.15, 0.2) is 51.9 Å². The van der Waals surface area contributed by atoms with Crippen LogP contribution in [0.5, 0.6) is 0 Å². The highest BCUT2D eigenvalue weighted by atomic mass is 19.1. The Hall–Kier alpha value is -2.69. The monoisotopic (exact) mass is 372 g/mol. The summed E-state index contributed by atoms with van der Waals surface area (Å²) in [6.07, 6.45) is 2.96. The van der Waals surface area contributed by atoms with Crippen molar-refractivity contribution in [3.8, 4) is 11.1 Å². The fraction of sp³-hybridized carbons (Fsp3) is 0.364. The molecule has 0 amide bonds. The van der Waals surface area contributed by atoms with Crippen LogP contribution in [0, 0.1) is 19.7 Å². The Kier molecular flexibility index (Phi) is 9.20. The molecular weight excluding hydrogens is 343 g/mol. The van der Waals surface area contributed by atoms with Gasteiger partial charge in [-0.3, -0.25) is 4.79 Å². The molecule has 4 nitrogen and oxygen atoms in total. The first kappa shape index (κ1) is 22.4. The van der Waals surface area contributed by atoms with E-state index in [0.717, 1.165) is 16.8 Å². The minimum absolute atomic E-state index is 0.182. The number of benzene rings is 1. The van der Waals surface area contributed by atoms with Gasteiger partial charge in [0.15, 0.2) is 0 Å². The molecule has 0 radical (unpaired) electrons. The van der Waals surface area contributed by atoms with E-state index in [1.54, 1.807) is 30.5 Å². The van der Waals surface area contributed by atoms with E-state index in [4.69, 9.17) is 4.52 Å². The first-order chi connectivity index (χ1) is 13.0. The van der Waals surface area contributed by atoms with Gasteiger partial charge in [-0.15, -0.1) is 0 Å². The van der Waals surface area contributed by atoms with Crippen molar-refractivity contribution in [2.24, 2.45) is 0 Å². The minimum Gasteiger partial charge on any atom is -0.361 e. The van der Waals surface area contributed by atoms with Crippen LogP contribution in [0.1, 0.15) is 51.1 Å². The molecule has 3 rings (SSSR count). The number of rotatable bonds is 3. The lowest BCUT2D eigenvalue weighted by molar-refractivity contribution is 0.393. The molecule has 0 saturated heterocycles. The van der Waals surface area contributed by atoms with Crippen molar-refractivity contribution in [1.82, 2.24) is 9.72 Å². The first-order valence-electron chi connectivity index (χ1n) is 9.35. The van der Waals surface area contributed by atoms with E-state index in [1.807, 2.05) is 27.7 Å². The van der Waals surface area contributed by atoms with Gasteiger partial charge in [0, 0.05) is 29.0 Å². The Morgan fingerprint density at radius 3 is 2.26 bits per heavy atom. The molecule has 0 bridgehead atoms. The van der Waals surface area contributed by atoms with Crippen molar-refractivity contribution >= 4 is 0 Å². The van der Waals surface area contributed by atoms with E-state index in [0.29, 0.717) is 11.3 Å². The Labute approximate surface area is 160 Å². The smallest absolute Gasteiger partial charge is 0.250 e. The number of hydrogen-bond acceptors (Lipinski definition) is 3. The lowest BCUT2D eigenvalue weighted by Gasteiger charge is -2.09. The topological polar surface area (TPSA) is 48.0 Å². The third kappa shape index (κ3) is 5.91. The van der Waals surface area contributed by atoms with Gasteiger partial charge in [0.05, 0.1) is 12.2 Å². The highest BCUT2D eigenvalue weighted by molar-refractivity contribution is 5.66. The van der Waals surface area contributed by atoms with Crippen LogP contribution in [0.25, 0.3) is 11.1 Å². The molecule has 0 aliphatic carbocycles. The first-order valence-corrected chi connectivity index (χ1v) is 9.35. The van der Waals surface area contributed by atoms with Gasteiger partial charge in [-0.1, -0.05) is 57.5 Å². The van der Waals surface area contributed by atoms with Gasteiger partial charge in [0.25, 0.3) is 5.56 Å². The lowest BCUT2D eigenvalue weighted by atomic mass is 10.1. The van der Waals surface area contributed by atoms with Gasteiger partial charge in [-0.05, 0) is 26.0 Å². The standard InChI is InChI=1S/C17H15FN2O2.C3H8.C2H6/c1-11-17(12(2)22-19-11)14-7-8-16(21)20(10-14)9-13-5-3-4-6-15(13)18;1-3-2;1-2/h3-8,10H,9H2,1-2H3;3H2,1-2H3;1-2H3. The van der Waals surface area contributed by atoms with Crippen LogP contribution in [-0.2, 0) is 6.54 Å². The maximum absolute atomic E-state index is 13.8. The highest BCUT2D eigenvalue weighted by Gasteiger charge is 2.13. The summed E-state index contributed by atoms with van der Waals surface area (Å²) < 4.78 is 20.4. The average Bonchev–Trinajstić information content (AvgIpc) is 3.00. The molecule has 27 heavy (non-hydrogen) atoms. The molecule has 0 fully saturated rings. The van der Waals surface area contributed by atoms with Gasteiger partial charge in [-0.2, -0.15) is 0 Å². The number of halogens is 1. The molecule has 0 unspecified atom stereocenters. The van der Waals surface area contributed by atoms with Crippen LogP contribution in [-0.4, -0.2) is 9.72 Å². The van der Waals surface area contributed by atoms with Gasteiger partial charge >= 0.3 is 0 Å². The average molecular weight is 372 g/mol. The van der Waals surface area contributed by atoms with Crippen LogP contribution < -0.4 is 5.56 Å². The summed E-state index contributed by atoms with van der Waals surface area (Å²) in [5.74, 6) is 0.366. The summed E-state index contributed by atoms with van der Waals surface area (Å²) >= 11 is 0. The second kappa shape index (κ2) is 11.1. The van der Waals surface area contributed by atoms with Crippen molar-refractivity contribution < 1.29 is 8.91 Å². The molecule has 0 N–H and O–H groups in total. The van der Waals surface area contributed by atoms with E-state index >= 15 is 0 Å². The van der Waals surface area contributed by atoms with Crippen molar-refractivity contribution in [3.05, 3.63) is 75.8 Å². The van der Waals surface area contributed by atoms with Gasteiger partial charge in [0.2, 0.25) is 0 Å². The Balaban J connectivity index is 0.000000665. The van der Waals surface area contributed by atoms with Gasteiger partial charge < -0.3 is 9.09 Å². The SMILES string of the molecule is CC.CCC.Cc1noc(C)c1-c1ccc(=O)n(Cc2ccccc2F)c1. The molecular formula is C22H29FN2O2. The summed E-state index contributed by atoms with van der Waals surface area (Å²) in [5.41, 5.74) is 2.74. The molecule has 2 aromatic heterocycles. The second-order valence-corrected chi connectivity index (χ2v) is 5.88. The molecule has 1 aromatic carbocycles. The molecule has 146 valence electrons. The Morgan fingerprint density at radius 2 is 1.70 bits per heavy atom. The maximum atomic E-state index is 13.8. The number of nitrogens with zero attached hydrogens (tertiary/aromatic N) is 2. The maximum Gasteiger partial charge on any atom is 0.250 e. The van der Waals surface area contributed by atoms with E-state index in [-0.39, 0.29) is 17.9 Å². The number of pyridine rings is 1. The third-order valence-corrected chi connectivity index (χ3v) is 3.60. The van der Waals surface area contributed by atoms with Crippen LogP contribution in [0.4, 0.5) is 4.39 Å². The van der Waals surface area contributed by atoms with E-state index < -0.39 is 0 Å². The summed E-state index contributed by atoms with van der Waals surface area (Å²) in [5, 5.41) is 3.92. The van der Waals surface area contributed by atoms with Crippen LogP contribution in [0.3, 0.4) is 0 Å². The Bertz CT molecular complexity index is 878. The summed E-state index contributed by atoms with van der Waals surface area (Å²) in [7, 11) is 0. The summed E-state index contributed by atoms with van der Waals surface area (Å²) in [4.78, 5) is 12.0. The zero-order chi connectivity index (χ0) is 20.4. The molecule has 3 aromatic rings. The van der Waals surface area contributed by atoms with Gasteiger partial charge in [0.1, 0.15) is 11.6 Å². The number of hydrogen-bond donors (Lipinski definition) is 0. The van der Waals surface area contributed by atoms with Crippen molar-refractivity contribution in [3.63, 3.8) is 0 Å². The van der Waals surface area contributed by atoms with Crippen molar-refractivity contribution in [2.75, 3.05) is 0 Å². The predicted molar refractivity (Wildman–Crippen MR) is 108 cm³/mol. The predicted octanol–water partition coefficient (Wildman–Crippen LogP) is 5.75. The zero-order valence-corrected chi connectivity index (χ0v) is 17.0. The van der Waals surface area contributed by atoms with Crippen LogP contribution in [0.2, 0.25) is 0 Å². The fourth-order valence-corrected chi connectivity index (χ4v) is 2.51. The molecule has 0 aliphatic rings. The van der Waals surface area contributed by atoms with Crippen molar-refractivity contribution in [2.45, 2.75) is 54.5 Å². The highest BCUT2D eigenvalue weighted by Crippen LogP contribution is 2.25.